The molecule has 0 atom stereocenters. The minimum Gasteiger partial charge on any atom is -0.256 e. The van der Waals surface area contributed by atoms with E-state index in [2.05, 4.69) is 133 Å². The van der Waals surface area contributed by atoms with Gasteiger partial charge in [-0.25, -0.2) is 0 Å². The fourth-order valence-corrected chi connectivity index (χ4v) is 5.62. The summed E-state index contributed by atoms with van der Waals surface area (Å²) >= 11 is 0. The number of hydrogen-bond donors (Lipinski definition) is 0. The number of nitrogens with zero attached hydrogens (tertiary/aromatic N) is 1. The molecule has 0 bridgehead atoms. The number of hydrogen-bond acceptors (Lipinski definition) is 1. The van der Waals surface area contributed by atoms with E-state index < -0.39 is 0 Å². The van der Waals surface area contributed by atoms with E-state index in [1.165, 1.54) is 60.1 Å². The Hall–Kier alpha value is -4.75. The van der Waals surface area contributed by atoms with Crippen LogP contribution < -0.4 is 0 Å². The maximum Gasteiger partial charge on any atom is 0.0704 e. The van der Waals surface area contributed by atoms with Crippen LogP contribution in [0.4, 0.5) is 0 Å². The van der Waals surface area contributed by atoms with Gasteiger partial charge in [0.15, 0.2) is 0 Å². The Labute approximate surface area is 216 Å². The molecule has 0 N–H and O–H groups in total. The van der Waals surface area contributed by atoms with E-state index in [-0.39, 0.29) is 0 Å². The number of rotatable bonds is 3. The third-order valence-corrected chi connectivity index (χ3v) is 7.33. The Morgan fingerprint density at radius 3 is 1.65 bits per heavy atom. The van der Waals surface area contributed by atoms with Crippen molar-refractivity contribution in [3.8, 4) is 33.5 Å². The average molecular weight is 472 g/mol. The Balaban J connectivity index is 1.54. The molecule has 7 rings (SSSR count). The highest BCUT2D eigenvalue weighted by atomic mass is 14.7. The smallest absolute Gasteiger partial charge is 0.0704 e. The van der Waals surface area contributed by atoms with Gasteiger partial charge >= 0.3 is 0 Å². The molecule has 0 unspecified atom stereocenters. The molecule has 6 aromatic carbocycles. The van der Waals surface area contributed by atoms with Crippen LogP contribution in [0, 0.1) is 6.92 Å². The summed E-state index contributed by atoms with van der Waals surface area (Å²) in [7, 11) is 0. The third-order valence-electron chi connectivity index (χ3n) is 7.33. The number of aromatic nitrogens is 1. The summed E-state index contributed by atoms with van der Waals surface area (Å²) in [6.07, 6.45) is 1.89. The molecule has 1 nitrogen and oxygen atoms in total. The highest BCUT2D eigenvalue weighted by Crippen LogP contribution is 2.44. The van der Waals surface area contributed by atoms with Crippen LogP contribution in [-0.4, -0.2) is 4.98 Å². The van der Waals surface area contributed by atoms with Gasteiger partial charge < -0.3 is 0 Å². The lowest BCUT2D eigenvalue weighted by Gasteiger charge is -2.18. The van der Waals surface area contributed by atoms with E-state index in [9.17, 15) is 0 Å². The maximum absolute atomic E-state index is 4.65. The van der Waals surface area contributed by atoms with Gasteiger partial charge in [0.25, 0.3) is 0 Å². The molecule has 37 heavy (non-hydrogen) atoms. The lowest BCUT2D eigenvalue weighted by Crippen LogP contribution is -1.91. The van der Waals surface area contributed by atoms with E-state index in [0.717, 1.165) is 11.3 Å². The van der Waals surface area contributed by atoms with Crippen molar-refractivity contribution in [2.45, 2.75) is 6.92 Å². The fourth-order valence-electron chi connectivity index (χ4n) is 5.62. The normalized spacial score (nSPS) is 11.4. The SMILES string of the molecule is Cc1ccnc(-c2cccc(-c3c4ccccc4c(-c4ccc5ccccc5c4)c4ccccc34)c2)c1. The highest BCUT2D eigenvalue weighted by Gasteiger charge is 2.17. The molecular weight excluding hydrogens is 446 g/mol. The molecule has 0 amide bonds. The van der Waals surface area contributed by atoms with Crippen LogP contribution in [0.25, 0.3) is 65.8 Å². The fraction of sp³-hybridized carbons (Fsp3) is 0.0278. The second kappa shape index (κ2) is 8.72. The summed E-state index contributed by atoms with van der Waals surface area (Å²) in [5.41, 5.74) is 8.36. The Kier molecular flexibility index (Phi) is 5.08. The van der Waals surface area contributed by atoms with Crippen LogP contribution in [0.15, 0.2) is 134 Å². The molecule has 0 aliphatic heterocycles. The van der Waals surface area contributed by atoms with Crippen molar-refractivity contribution in [3.63, 3.8) is 0 Å². The zero-order valence-corrected chi connectivity index (χ0v) is 20.6. The third kappa shape index (κ3) is 3.68. The maximum atomic E-state index is 4.65. The van der Waals surface area contributed by atoms with Gasteiger partial charge in [-0.05, 0) is 91.3 Å². The van der Waals surface area contributed by atoms with Gasteiger partial charge in [-0.1, -0.05) is 103 Å². The summed E-state index contributed by atoms with van der Waals surface area (Å²) in [5, 5.41) is 7.59. The minimum absolute atomic E-state index is 1.00. The van der Waals surface area contributed by atoms with Crippen LogP contribution in [-0.2, 0) is 0 Å². The van der Waals surface area contributed by atoms with E-state index in [0.29, 0.717) is 0 Å². The molecule has 0 fully saturated rings. The van der Waals surface area contributed by atoms with Crippen LogP contribution in [0.3, 0.4) is 0 Å². The first kappa shape index (κ1) is 21.5. The Bertz CT molecular complexity index is 1890. The number of pyridine rings is 1. The predicted molar refractivity (Wildman–Crippen MR) is 158 cm³/mol. The number of benzene rings is 6. The van der Waals surface area contributed by atoms with E-state index in [1.54, 1.807) is 0 Å². The summed E-state index contributed by atoms with van der Waals surface area (Å²) < 4.78 is 0. The molecule has 174 valence electrons. The van der Waals surface area contributed by atoms with Crippen molar-refractivity contribution in [1.82, 2.24) is 4.98 Å². The molecular formula is C36H25N. The van der Waals surface area contributed by atoms with E-state index in [4.69, 9.17) is 0 Å². The molecule has 7 aromatic rings. The standard InChI is InChI=1S/C36H25N/c1-24-19-20-37-34(21-24)27-11-8-12-28(23-27)35-30-13-4-6-15-32(30)36(33-16-7-5-14-31(33)35)29-18-17-25-9-2-3-10-26(25)22-29/h2-23H,1H3. The van der Waals surface area contributed by atoms with E-state index >= 15 is 0 Å². The van der Waals surface area contributed by atoms with Crippen molar-refractivity contribution < 1.29 is 0 Å². The summed E-state index contributed by atoms with van der Waals surface area (Å²) in [4.78, 5) is 4.65. The second-order valence-corrected chi connectivity index (χ2v) is 9.70. The summed E-state index contributed by atoms with van der Waals surface area (Å²) in [5.74, 6) is 0. The molecule has 1 heterocycles. The van der Waals surface area contributed by atoms with E-state index in [1.807, 2.05) is 12.3 Å². The molecule has 0 saturated heterocycles. The molecule has 0 radical (unpaired) electrons. The Morgan fingerprint density at radius 2 is 1.00 bits per heavy atom. The number of aryl methyl sites for hydroxylation is 1. The van der Waals surface area contributed by atoms with Crippen molar-refractivity contribution in [1.29, 1.82) is 0 Å². The molecule has 0 aliphatic rings. The van der Waals surface area contributed by atoms with Crippen LogP contribution in [0.5, 0.6) is 0 Å². The van der Waals surface area contributed by atoms with Crippen molar-refractivity contribution in [2.24, 2.45) is 0 Å². The zero-order valence-electron chi connectivity index (χ0n) is 20.6. The molecule has 0 spiro atoms. The zero-order chi connectivity index (χ0) is 24.8. The lowest BCUT2D eigenvalue weighted by atomic mass is 9.85. The first-order chi connectivity index (χ1) is 18.3. The summed E-state index contributed by atoms with van der Waals surface area (Å²) in [6, 6.07) is 46.1. The van der Waals surface area contributed by atoms with Gasteiger partial charge in [-0.2, -0.15) is 0 Å². The Morgan fingerprint density at radius 1 is 0.432 bits per heavy atom. The average Bonchev–Trinajstić information content (AvgIpc) is 2.95. The van der Waals surface area contributed by atoms with Gasteiger partial charge in [-0.15, -0.1) is 0 Å². The monoisotopic (exact) mass is 471 g/mol. The lowest BCUT2D eigenvalue weighted by molar-refractivity contribution is 1.29. The van der Waals surface area contributed by atoms with Crippen molar-refractivity contribution in [2.75, 3.05) is 0 Å². The van der Waals surface area contributed by atoms with Gasteiger partial charge in [0.05, 0.1) is 5.69 Å². The second-order valence-electron chi connectivity index (χ2n) is 9.70. The highest BCUT2D eigenvalue weighted by molar-refractivity contribution is 6.21. The molecule has 1 heteroatoms. The molecule has 1 aromatic heterocycles. The largest absolute Gasteiger partial charge is 0.256 e. The summed E-state index contributed by atoms with van der Waals surface area (Å²) in [6.45, 7) is 2.11. The van der Waals surface area contributed by atoms with Gasteiger partial charge in [0.1, 0.15) is 0 Å². The van der Waals surface area contributed by atoms with Gasteiger partial charge in [-0.3, -0.25) is 4.98 Å². The molecule has 0 saturated carbocycles. The van der Waals surface area contributed by atoms with Crippen molar-refractivity contribution >= 4 is 32.3 Å². The van der Waals surface area contributed by atoms with Crippen molar-refractivity contribution in [3.05, 3.63) is 139 Å². The molecule has 0 aliphatic carbocycles. The quantitative estimate of drug-likeness (QED) is 0.234. The van der Waals surface area contributed by atoms with Gasteiger partial charge in [0, 0.05) is 11.8 Å². The first-order valence-electron chi connectivity index (χ1n) is 12.7. The number of fused-ring (bicyclic) bond motifs is 3. The first-order valence-corrected chi connectivity index (χ1v) is 12.7. The predicted octanol–water partition coefficient (Wildman–Crippen LogP) is 9.85. The van der Waals surface area contributed by atoms with Gasteiger partial charge in [0.2, 0.25) is 0 Å². The van der Waals surface area contributed by atoms with Crippen LogP contribution in [0.2, 0.25) is 0 Å². The topological polar surface area (TPSA) is 12.9 Å². The van der Waals surface area contributed by atoms with Crippen LogP contribution in [0.1, 0.15) is 5.56 Å². The van der Waals surface area contributed by atoms with Crippen LogP contribution >= 0.6 is 0 Å². The minimum atomic E-state index is 1.00.